The highest BCUT2D eigenvalue weighted by Crippen LogP contribution is 2.47. The molecule has 7 nitrogen and oxygen atoms in total. The smallest absolute Gasteiger partial charge is 0.274 e. The number of hydrogen-bond donors (Lipinski definition) is 0. The van der Waals surface area contributed by atoms with Gasteiger partial charge >= 0.3 is 0 Å². The summed E-state index contributed by atoms with van der Waals surface area (Å²) < 4.78 is 0. The molecule has 1 fully saturated rings. The summed E-state index contributed by atoms with van der Waals surface area (Å²) in [5, 5.41) is 22.7. The first-order valence-corrected chi connectivity index (χ1v) is 7.67. The van der Waals surface area contributed by atoms with Crippen LogP contribution in [0, 0.1) is 20.2 Å². The van der Waals surface area contributed by atoms with Gasteiger partial charge in [-0.05, 0) is 20.0 Å². The van der Waals surface area contributed by atoms with Crippen LogP contribution < -0.4 is 0 Å². The fourth-order valence-electron chi connectivity index (χ4n) is 3.60. The van der Waals surface area contributed by atoms with Gasteiger partial charge in [0.2, 0.25) is 0 Å². The van der Waals surface area contributed by atoms with E-state index in [1.54, 1.807) is 36.4 Å². The second-order valence-corrected chi connectivity index (χ2v) is 5.95. The van der Waals surface area contributed by atoms with E-state index in [2.05, 4.69) is 0 Å². The van der Waals surface area contributed by atoms with Gasteiger partial charge in [-0.25, -0.2) is 0 Å². The first-order chi connectivity index (χ1) is 11.5. The number of rotatable bonds is 4. The molecule has 24 heavy (non-hydrogen) atoms. The number of likely N-dealkylation sites (tertiary alicyclic amines) is 1. The Hall–Kier alpha value is -2.80. The van der Waals surface area contributed by atoms with Crippen LogP contribution in [0.15, 0.2) is 48.5 Å². The van der Waals surface area contributed by atoms with Crippen LogP contribution in [0.2, 0.25) is 0 Å². The van der Waals surface area contributed by atoms with E-state index in [4.69, 9.17) is 0 Å². The van der Waals surface area contributed by atoms with Crippen molar-refractivity contribution in [3.8, 4) is 0 Å². The maximum atomic E-state index is 11.4. The van der Waals surface area contributed by atoms with Gasteiger partial charge in [0, 0.05) is 35.2 Å². The van der Waals surface area contributed by atoms with Gasteiger partial charge < -0.3 is 0 Å². The Morgan fingerprint density at radius 3 is 2.00 bits per heavy atom. The lowest BCUT2D eigenvalue weighted by Crippen LogP contribution is -2.21. The van der Waals surface area contributed by atoms with Crippen LogP contribution in [0.5, 0.6) is 0 Å². The van der Waals surface area contributed by atoms with E-state index in [1.165, 1.54) is 12.1 Å². The Bertz CT molecular complexity index is 793. The lowest BCUT2D eigenvalue weighted by molar-refractivity contribution is -0.386. The lowest BCUT2D eigenvalue weighted by Gasteiger charge is -2.25. The monoisotopic (exact) mass is 327 g/mol. The Morgan fingerprint density at radius 1 is 0.917 bits per heavy atom. The minimum absolute atomic E-state index is 0.0554. The zero-order valence-electron chi connectivity index (χ0n) is 13.2. The molecule has 0 saturated carbocycles. The summed E-state index contributed by atoms with van der Waals surface area (Å²) in [6, 6.07) is 13.0. The third-order valence-electron chi connectivity index (χ3n) is 4.63. The fraction of sp³-hybridized carbons (Fsp3) is 0.294. The average Bonchev–Trinajstić information content (AvgIpc) is 2.96. The van der Waals surface area contributed by atoms with Gasteiger partial charge in [0.15, 0.2) is 0 Å². The molecule has 2 aromatic rings. The van der Waals surface area contributed by atoms with Crippen molar-refractivity contribution in [3.63, 3.8) is 0 Å². The highest BCUT2D eigenvalue weighted by Gasteiger charge is 2.40. The molecule has 1 saturated heterocycles. The van der Waals surface area contributed by atoms with Gasteiger partial charge in [-0.2, -0.15) is 0 Å². The number of nitro groups is 2. The van der Waals surface area contributed by atoms with Crippen molar-refractivity contribution >= 4 is 11.4 Å². The summed E-state index contributed by atoms with van der Waals surface area (Å²) in [6.07, 6.45) is 0.720. The van der Waals surface area contributed by atoms with E-state index in [-0.39, 0.29) is 28.3 Å². The molecule has 1 heterocycles. The summed E-state index contributed by atoms with van der Waals surface area (Å²) in [5.41, 5.74) is 1.36. The standard InChI is InChI=1S/C17H17N3O4/c1-18-11-10-13(12-6-2-4-8-15(12)19(21)22)17(18)14-7-3-5-9-16(14)20(23)24/h2-9,13,17H,10-11H2,1H3. The minimum Gasteiger partial charge on any atom is -0.298 e. The zero-order valence-corrected chi connectivity index (χ0v) is 13.2. The molecule has 0 aliphatic carbocycles. The van der Waals surface area contributed by atoms with E-state index in [0.717, 1.165) is 13.0 Å². The molecule has 1 aliphatic heterocycles. The second-order valence-electron chi connectivity index (χ2n) is 5.95. The molecule has 3 rings (SSSR count). The van der Waals surface area contributed by atoms with Gasteiger partial charge in [0.25, 0.3) is 11.4 Å². The number of nitro benzene ring substituents is 2. The van der Waals surface area contributed by atoms with Crippen molar-refractivity contribution in [3.05, 3.63) is 79.9 Å². The average molecular weight is 327 g/mol. The topological polar surface area (TPSA) is 89.5 Å². The molecule has 0 spiro atoms. The van der Waals surface area contributed by atoms with Crippen molar-refractivity contribution in [2.24, 2.45) is 0 Å². The summed E-state index contributed by atoms with van der Waals surface area (Å²) in [7, 11) is 1.90. The predicted molar refractivity (Wildman–Crippen MR) is 88.9 cm³/mol. The molecular formula is C17H17N3O4. The Balaban J connectivity index is 2.11. The largest absolute Gasteiger partial charge is 0.298 e. The quantitative estimate of drug-likeness (QED) is 0.631. The summed E-state index contributed by atoms with van der Waals surface area (Å²) in [4.78, 5) is 24.0. The Morgan fingerprint density at radius 2 is 1.42 bits per heavy atom. The first kappa shape index (κ1) is 16.1. The van der Waals surface area contributed by atoms with Crippen molar-refractivity contribution in [2.75, 3.05) is 13.6 Å². The van der Waals surface area contributed by atoms with Crippen molar-refractivity contribution < 1.29 is 9.85 Å². The number of nitrogens with zero attached hydrogens (tertiary/aromatic N) is 3. The number of benzene rings is 2. The van der Waals surface area contributed by atoms with Crippen LogP contribution in [0.3, 0.4) is 0 Å². The molecule has 0 amide bonds. The van der Waals surface area contributed by atoms with Crippen LogP contribution in [0.4, 0.5) is 11.4 Å². The van der Waals surface area contributed by atoms with Crippen molar-refractivity contribution in [2.45, 2.75) is 18.4 Å². The molecule has 2 atom stereocenters. The van der Waals surface area contributed by atoms with Crippen LogP contribution in [0.1, 0.15) is 29.5 Å². The molecule has 0 N–H and O–H groups in total. The Kier molecular flexibility index (Phi) is 4.26. The third kappa shape index (κ3) is 2.74. The molecular weight excluding hydrogens is 310 g/mol. The molecule has 2 aromatic carbocycles. The van der Waals surface area contributed by atoms with Gasteiger partial charge in [-0.1, -0.05) is 36.4 Å². The maximum Gasteiger partial charge on any atom is 0.274 e. The molecule has 124 valence electrons. The summed E-state index contributed by atoms with van der Waals surface area (Å²) in [6.45, 7) is 0.730. The van der Waals surface area contributed by atoms with Crippen LogP contribution in [0.25, 0.3) is 0 Å². The highest BCUT2D eigenvalue weighted by atomic mass is 16.6. The second kappa shape index (κ2) is 6.37. The molecule has 7 heteroatoms. The van der Waals surface area contributed by atoms with Crippen molar-refractivity contribution in [1.29, 1.82) is 0 Å². The predicted octanol–water partition coefficient (Wildman–Crippen LogP) is 3.66. The molecule has 1 aliphatic rings. The van der Waals surface area contributed by atoms with Gasteiger partial charge in [-0.3, -0.25) is 25.1 Å². The molecule has 0 radical (unpaired) electrons. The number of hydrogen-bond acceptors (Lipinski definition) is 5. The van der Waals surface area contributed by atoms with Crippen molar-refractivity contribution in [1.82, 2.24) is 4.90 Å². The van der Waals surface area contributed by atoms with E-state index in [0.29, 0.717) is 11.1 Å². The zero-order chi connectivity index (χ0) is 17.3. The summed E-state index contributed by atoms with van der Waals surface area (Å²) in [5.74, 6) is -0.155. The lowest BCUT2D eigenvalue weighted by atomic mass is 9.86. The van der Waals surface area contributed by atoms with E-state index in [1.807, 2.05) is 11.9 Å². The normalized spacial score (nSPS) is 20.9. The van der Waals surface area contributed by atoms with Crippen LogP contribution in [-0.2, 0) is 0 Å². The van der Waals surface area contributed by atoms with Crippen LogP contribution in [-0.4, -0.2) is 28.3 Å². The number of likely N-dealkylation sites (N-methyl/N-ethyl adjacent to an activating group) is 1. The number of para-hydroxylation sites is 2. The van der Waals surface area contributed by atoms with Gasteiger partial charge in [0.1, 0.15) is 0 Å². The maximum absolute atomic E-state index is 11.4. The molecule has 0 aromatic heterocycles. The minimum atomic E-state index is -0.391. The van der Waals surface area contributed by atoms with E-state index >= 15 is 0 Å². The fourth-order valence-corrected chi connectivity index (χ4v) is 3.60. The first-order valence-electron chi connectivity index (χ1n) is 7.67. The highest BCUT2D eigenvalue weighted by molar-refractivity contribution is 5.48. The molecule has 0 bridgehead atoms. The summed E-state index contributed by atoms with van der Waals surface area (Å²) >= 11 is 0. The Labute approximate surface area is 138 Å². The third-order valence-corrected chi connectivity index (χ3v) is 4.63. The van der Waals surface area contributed by atoms with Gasteiger partial charge in [0.05, 0.1) is 9.85 Å². The SMILES string of the molecule is CN1CCC(c2ccccc2[N+](=O)[O-])C1c1ccccc1[N+](=O)[O-]. The van der Waals surface area contributed by atoms with Gasteiger partial charge in [-0.15, -0.1) is 0 Å². The van der Waals surface area contributed by atoms with Crippen LogP contribution >= 0.6 is 0 Å². The molecule has 2 unspecified atom stereocenters. The van der Waals surface area contributed by atoms with E-state index in [9.17, 15) is 20.2 Å². The van der Waals surface area contributed by atoms with E-state index < -0.39 is 4.92 Å².